The molecule has 0 radical (unpaired) electrons. The molecule has 1 fully saturated rings. The summed E-state index contributed by atoms with van der Waals surface area (Å²) in [6.07, 6.45) is 7.09. The number of carboxylic acids is 1. The number of aliphatic carboxylic acids is 1. The largest absolute Gasteiger partial charge is 0.478 e. The SMILES string of the molecule is CC1(C)CCCC1NC(=O)c1ncccc1/C=C/C(=O)O. The fourth-order valence-electron chi connectivity index (χ4n) is 2.72. The molecule has 1 heterocycles. The number of aromatic nitrogens is 1. The molecular formula is C16H20N2O3. The van der Waals surface area contributed by atoms with Crippen LogP contribution in [0.1, 0.15) is 49.2 Å². The fourth-order valence-corrected chi connectivity index (χ4v) is 2.72. The second-order valence-corrected chi connectivity index (χ2v) is 6.02. The molecule has 5 nitrogen and oxygen atoms in total. The van der Waals surface area contributed by atoms with Crippen molar-refractivity contribution < 1.29 is 14.7 Å². The Morgan fingerprint density at radius 2 is 2.24 bits per heavy atom. The molecule has 21 heavy (non-hydrogen) atoms. The molecule has 0 aromatic carbocycles. The van der Waals surface area contributed by atoms with Crippen molar-refractivity contribution in [2.75, 3.05) is 0 Å². The maximum absolute atomic E-state index is 12.4. The van der Waals surface area contributed by atoms with E-state index in [4.69, 9.17) is 5.11 Å². The molecule has 1 aromatic rings. The van der Waals surface area contributed by atoms with Gasteiger partial charge in [-0.2, -0.15) is 0 Å². The summed E-state index contributed by atoms with van der Waals surface area (Å²) >= 11 is 0. The second kappa shape index (κ2) is 6.08. The molecule has 2 N–H and O–H groups in total. The zero-order chi connectivity index (χ0) is 15.5. The Balaban J connectivity index is 2.18. The van der Waals surface area contributed by atoms with Crippen LogP contribution in [0.4, 0.5) is 0 Å². The maximum atomic E-state index is 12.4. The molecular weight excluding hydrogens is 268 g/mol. The maximum Gasteiger partial charge on any atom is 0.328 e. The predicted octanol–water partition coefficient (Wildman–Crippen LogP) is 2.49. The highest BCUT2D eigenvalue weighted by Crippen LogP contribution is 2.37. The summed E-state index contributed by atoms with van der Waals surface area (Å²) in [7, 11) is 0. The van der Waals surface area contributed by atoms with Crippen molar-refractivity contribution >= 4 is 18.0 Å². The number of carbonyl (C=O) groups is 2. The summed E-state index contributed by atoms with van der Waals surface area (Å²) < 4.78 is 0. The second-order valence-electron chi connectivity index (χ2n) is 6.02. The van der Waals surface area contributed by atoms with Gasteiger partial charge in [0.1, 0.15) is 5.69 Å². The summed E-state index contributed by atoms with van der Waals surface area (Å²) in [5.41, 5.74) is 0.854. The Hall–Kier alpha value is -2.17. The van der Waals surface area contributed by atoms with E-state index < -0.39 is 5.97 Å². The van der Waals surface area contributed by atoms with Crippen molar-refractivity contribution in [2.45, 2.75) is 39.2 Å². The van der Waals surface area contributed by atoms with E-state index in [2.05, 4.69) is 24.1 Å². The van der Waals surface area contributed by atoms with E-state index in [-0.39, 0.29) is 23.1 Å². The minimum atomic E-state index is -1.05. The van der Waals surface area contributed by atoms with E-state index in [1.165, 1.54) is 12.3 Å². The Morgan fingerprint density at radius 1 is 1.48 bits per heavy atom. The number of carbonyl (C=O) groups excluding carboxylic acids is 1. The van der Waals surface area contributed by atoms with Crippen molar-refractivity contribution in [1.82, 2.24) is 10.3 Å². The molecule has 1 amide bonds. The van der Waals surface area contributed by atoms with Crippen molar-refractivity contribution in [2.24, 2.45) is 5.41 Å². The van der Waals surface area contributed by atoms with Crippen LogP contribution in [0.15, 0.2) is 24.4 Å². The highest BCUT2D eigenvalue weighted by atomic mass is 16.4. The number of carboxylic acid groups (broad SMARTS) is 1. The standard InChI is InChI=1S/C16H20N2O3/c1-16(2)9-3-6-12(16)18-15(21)14-11(5-4-10-17-14)7-8-13(19)20/h4-5,7-8,10,12H,3,6,9H2,1-2H3,(H,18,21)(H,19,20)/b8-7+. The van der Waals surface area contributed by atoms with Crippen molar-refractivity contribution in [1.29, 1.82) is 0 Å². The van der Waals surface area contributed by atoms with Crippen LogP contribution < -0.4 is 5.32 Å². The van der Waals surface area contributed by atoms with Crippen LogP contribution >= 0.6 is 0 Å². The summed E-state index contributed by atoms with van der Waals surface area (Å²) in [5, 5.41) is 11.7. The van der Waals surface area contributed by atoms with Gasteiger partial charge in [0, 0.05) is 23.9 Å². The van der Waals surface area contributed by atoms with Gasteiger partial charge in [-0.1, -0.05) is 26.3 Å². The van der Waals surface area contributed by atoms with Crippen LogP contribution in [0.5, 0.6) is 0 Å². The average molecular weight is 288 g/mol. The first kappa shape index (κ1) is 15.2. The molecule has 0 aliphatic heterocycles. The van der Waals surface area contributed by atoms with E-state index in [0.29, 0.717) is 5.56 Å². The van der Waals surface area contributed by atoms with Gasteiger partial charge in [0.25, 0.3) is 5.91 Å². The normalized spacial score (nSPS) is 20.6. The highest BCUT2D eigenvalue weighted by Gasteiger charge is 2.35. The molecule has 1 aliphatic carbocycles. The number of hydrogen-bond donors (Lipinski definition) is 2. The number of hydrogen-bond acceptors (Lipinski definition) is 3. The van der Waals surface area contributed by atoms with E-state index in [1.54, 1.807) is 12.1 Å². The van der Waals surface area contributed by atoms with Crippen molar-refractivity contribution in [3.8, 4) is 0 Å². The third-order valence-corrected chi connectivity index (χ3v) is 4.02. The lowest BCUT2D eigenvalue weighted by Crippen LogP contribution is -2.42. The van der Waals surface area contributed by atoms with Crippen LogP contribution in [0.2, 0.25) is 0 Å². The van der Waals surface area contributed by atoms with Crippen LogP contribution in [0, 0.1) is 5.41 Å². The molecule has 112 valence electrons. The first-order valence-corrected chi connectivity index (χ1v) is 7.07. The van der Waals surface area contributed by atoms with Gasteiger partial charge in [0.05, 0.1) is 0 Å². The van der Waals surface area contributed by atoms with Crippen LogP contribution in [-0.2, 0) is 4.79 Å². The van der Waals surface area contributed by atoms with Crippen LogP contribution in [0.3, 0.4) is 0 Å². The first-order valence-electron chi connectivity index (χ1n) is 7.07. The predicted molar refractivity (Wildman–Crippen MR) is 79.8 cm³/mol. The molecule has 0 spiro atoms. The lowest BCUT2D eigenvalue weighted by atomic mass is 9.87. The zero-order valence-electron chi connectivity index (χ0n) is 12.3. The highest BCUT2D eigenvalue weighted by molar-refractivity contribution is 5.97. The van der Waals surface area contributed by atoms with E-state index >= 15 is 0 Å². The van der Waals surface area contributed by atoms with Crippen LogP contribution in [0.25, 0.3) is 6.08 Å². The van der Waals surface area contributed by atoms with Gasteiger partial charge < -0.3 is 10.4 Å². The summed E-state index contributed by atoms with van der Waals surface area (Å²) in [5.74, 6) is -1.30. The average Bonchev–Trinajstić information content (AvgIpc) is 2.76. The Labute approximate surface area is 124 Å². The lowest BCUT2D eigenvalue weighted by Gasteiger charge is -2.27. The van der Waals surface area contributed by atoms with E-state index in [1.807, 2.05) is 0 Å². The quantitative estimate of drug-likeness (QED) is 0.834. The fraction of sp³-hybridized carbons (Fsp3) is 0.438. The van der Waals surface area contributed by atoms with E-state index in [9.17, 15) is 9.59 Å². The van der Waals surface area contributed by atoms with Gasteiger partial charge in [-0.25, -0.2) is 4.79 Å². The Bertz CT molecular complexity index is 579. The van der Waals surface area contributed by atoms with Gasteiger partial charge in [-0.3, -0.25) is 9.78 Å². The minimum Gasteiger partial charge on any atom is -0.478 e. The minimum absolute atomic E-state index is 0.0848. The molecule has 1 saturated carbocycles. The van der Waals surface area contributed by atoms with Gasteiger partial charge in [-0.05, 0) is 30.4 Å². The monoisotopic (exact) mass is 288 g/mol. The van der Waals surface area contributed by atoms with Gasteiger partial charge >= 0.3 is 5.97 Å². The third-order valence-electron chi connectivity index (χ3n) is 4.02. The Morgan fingerprint density at radius 3 is 2.86 bits per heavy atom. The van der Waals surface area contributed by atoms with Crippen LogP contribution in [-0.4, -0.2) is 28.0 Å². The molecule has 1 unspecified atom stereocenters. The number of amides is 1. The summed E-state index contributed by atoms with van der Waals surface area (Å²) in [4.78, 5) is 27.1. The van der Waals surface area contributed by atoms with Gasteiger partial charge in [0.2, 0.25) is 0 Å². The molecule has 0 bridgehead atoms. The molecule has 2 rings (SSSR count). The Kier molecular flexibility index (Phi) is 4.40. The number of rotatable bonds is 4. The van der Waals surface area contributed by atoms with Gasteiger partial charge in [-0.15, -0.1) is 0 Å². The molecule has 1 aromatic heterocycles. The van der Waals surface area contributed by atoms with E-state index in [0.717, 1.165) is 25.3 Å². The molecule has 1 atom stereocenters. The summed E-state index contributed by atoms with van der Waals surface area (Å²) in [6, 6.07) is 3.49. The third kappa shape index (κ3) is 3.68. The number of nitrogens with one attached hydrogen (secondary N) is 1. The number of nitrogens with zero attached hydrogens (tertiary/aromatic N) is 1. The lowest BCUT2D eigenvalue weighted by molar-refractivity contribution is -0.131. The molecule has 0 saturated heterocycles. The first-order chi connectivity index (χ1) is 9.90. The smallest absolute Gasteiger partial charge is 0.328 e. The zero-order valence-corrected chi connectivity index (χ0v) is 12.3. The van der Waals surface area contributed by atoms with Gasteiger partial charge in [0.15, 0.2) is 0 Å². The molecule has 5 heteroatoms. The van der Waals surface area contributed by atoms with Crippen molar-refractivity contribution in [3.63, 3.8) is 0 Å². The topological polar surface area (TPSA) is 79.3 Å². The van der Waals surface area contributed by atoms with Crippen molar-refractivity contribution in [3.05, 3.63) is 35.7 Å². The summed E-state index contributed by atoms with van der Waals surface area (Å²) in [6.45, 7) is 4.29. The number of pyridine rings is 1. The molecule has 1 aliphatic rings.